The zero-order valence-corrected chi connectivity index (χ0v) is 23.0. The lowest BCUT2D eigenvalue weighted by atomic mass is 9.97. The van der Waals surface area contributed by atoms with Gasteiger partial charge >= 0.3 is 0 Å². The molecule has 0 aliphatic carbocycles. The van der Waals surface area contributed by atoms with Crippen LogP contribution >= 0.6 is 11.3 Å². The van der Waals surface area contributed by atoms with Crippen LogP contribution < -0.4 is 14.8 Å². The summed E-state index contributed by atoms with van der Waals surface area (Å²) in [4.78, 5) is 18.1. The summed E-state index contributed by atoms with van der Waals surface area (Å²) in [6.07, 6.45) is 0.848. The molecule has 0 unspecified atom stereocenters. The number of sulfonamides is 1. The molecule has 0 bridgehead atoms. The molecule has 1 aliphatic heterocycles. The van der Waals surface area contributed by atoms with Crippen LogP contribution in [0.4, 0.5) is 5.82 Å². The van der Waals surface area contributed by atoms with E-state index in [4.69, 9.17) is 14.5 Å². The number of hydrogen-bond donors (Lipinski definition) is 1. The molecule has 0 atom stereocenters. The van der Waals surface area contributed by atoms with E-state index in [1.165, 1.54) is 34.9 Å². The molecule has 3 heterocycles. The van der Waals surface area contributed by atoms with E-state index < -0.39 is 10.0 Å². The number of ether oxygens (including phenoxy) is 2. The molecular formula is C26H29N5O5S2. The third kappa shape index (κ3) is 5.11. The molecule has 0 spiro atoms. The van der Waals surface area contributed by atoms with Gasteiger partial charge in [-0.05, 0) is 63.1 Å². The number of thiazole rings is 1. The lowest BCUT2D eigenvalue weighted by Crippen LogP contribution is -2.41. The summed E-state index contributed by atoms with van der Waals surface area (Å²) in [5.74, 6) is 1.34. The number of anilines is 1. The fourth-order valence-electron chi connectivity index (χ4n) is 4.49. The minimum absolute atomic E-state index is 0.163. The van der Waals surface area contributed by atoms with Gasteiger partial charge in [0.15, 0.2) is 0 Å². The second kappa shape index (κ2) is 10.7. The SMILES string of the molecule is CCOc1cccc2sc(-n3nc(C)cc3NC(=O)C3CCN(S(=O)(=O)c4ccc(OC)cc4)CC3)nc12. The molecule has 5 rings (SSSR count). The Bertz CT molecular complexity index is 1550. The van der Waals surface area contributed by atoms with Crippen molar-refractivity contribution in [1.29, 1.82) is 0 Å². The minimum atomic E-state index is -3.64. The maximum absolute atomic E-state index is 13.2. The van der Waals surface area contributed by atoms with Crippen molar-refractivity contribution in [2.75, 3.05) is 32.1 Å². The highest BCUT2D eigenvalue weighted by molar-refractivity contribution is 7.89. The summed E-state index contributed by atoms with van der Waals surface area (Å²) in [6.45, 7) is 4.85. The standard InChI is InChI=1S/C26H29N5O5S2/c1-4-36-21-6-5-7-22-24(21)28-26(37-22)31-23(16-17(2)29-31)27-25(32)18-12-14-30(15-13-18)38(33,34)20-10-8-19(35-3)9-11-20/h5-11,16,18H,4,12-15H2,1-3H3,(H,27,32). The molecule has 12 heteroatoms. The fourth-order valence-corrected chi connectivity index (χ4v) is 6.91. The van der Waals surface area contributed by atoms with Crippen molar-refractivity contribution in [3.05, 3.63) is 54.2 Å². The van der Waals surface area contributed by atoms with Crippen LogP contribution in [0, 0.1) is 12.8 Å². The van der Waals surface area contributed by atoms with Gasteiger partial charge in [-0.15, -0.1) is 0 Å². The third-order valence-corrected chi connectivity index (χ3v) is 9.37. The van der Waals surface area contributed by atoms with E-state index in [0.29, 0.717) is 41.9 Å². The zero-order valence-electron chi connectivity index (χ0n) is 21.4. The highest BCUT2D eigenvalue weighted by atomic mass is 32.2. The summed E-state index contributed by atoms with van der Waals surface area (Å²) in [6, 6.07) is 13.9. The summed E-state index contributed by atoms with van der Waals surface area (Å²) >= 11 is 1.46. The average molecular weight is 556 g/mol. The highest BCUT2D eigenvalue weighted by Crippen LogP contribution is 2.33. The van der Waals surface area contributed by atoms with Crippen LogP contribution in [0.1, 0.15) is 25.5 Å². The van der Waals surface area contributed by atoms with Crippen LogP contribution in [0.25, 0.3) is 15.3 Å². The van der Waals surface area contributed by atoms with E-state index in [9.17, 15) is 13.2 Å². The van der Waals surface area contributed by atoms with E-state index in [0.717, 1.165) is 15.9 Å². The van der Waals surface area contributed by atoms with Gasteiger partial charge in [0.05, 0.1) is 29.0 Å². The summed E-state index contributed by atoms with van der Waals surface area (Å²) in [5, 5.41) is 8.17. The first-order valence-electron chi connectivity index (χ1n) is 12.3. The predicted octanol–water partition coefficient (Wildman–Crippen LogP) is 4.24. The number of fused-ring (bicyclic) bond motifs is 1. The van der Waals surface area contributed by atoms with Crippen LogP contribution in [0.5, 0.6) is 11.5 Å². The Labute approximate surface area is 225 Å². The molecule has 4 aromatic rings. The second-order valence-electron chi connectivity index (χ2n) is 8.96. The number of aromatic nitrogens is 3. The molecule has 2 aromatic heterocycles. The maximum atomic E-state index is 13.2. The highest BCUT2D eigenvalue weighted by Gasteiger charge is 2.32. The molecule has 10 nitrogen and oxygen atoms in total. The van der Waals surface area contributed by atoms with Crippen molar-refractivity contribution in [2.45, 2.75) is 31.6 Å². The van der Waals surface area contributed by atoms with Gasteiger partial charge in [0.2, 0.25) is 21.1 Å². The molecule has 0 radical (unpaired) electrons. The number of methoxy groups -OCH3 is 1. The topological polar surface area (TPSA) is 116 Å². The lowest BCUT2D eigenvalue weighted by Gasteiger charge is -2.30. The Morgan fingerprint density at radius 1 is 1.16 bits per heavy atom. The quantitative estimate of drug-likeness (QED) is 0.346. The van der Waals surface area contributed by atoms with Crippen LogP contribution in [-0.2, 0) is 14.8 Å². The van der Waals surface area contributed by atoms with Gasteiger partial charge in [0.1, 0.15) is 22.8 Å². The Kier molecular flexibility index (Phi) is 7.37. The van der Waals surface area contributed by atoms with Crippen molar-refractivity contribution in [3.8, 4) is 16.6 Å². The lowest BCUT2D eigenvalue weighted by molar-refractivity contribution is -0.120. The Hall–Kier alpha value is -3.48. The van der Waals surface area contributed by atoms with Crippen molar-refractivity contribution in [1.82, 2.24) is 19.1 Å². The van der Waals surface area contributed by atoms with Gasteiger partial charge in [-0.25, -0.2) is 13.4 Å². The van der Waals surface area contributed by atoms with E-state index in [-0.39, 0.29) is 29.8 Å². The monoisotopic (exact) mass is 555 g/mol. The van der Waals surface area contributed by atoms with E-state index in [2.05, 4.69) is 10.4 Å². The van der Waals surface area contributed by atoms with E-state index >= 15 is 0 Å². The first-order valence-corrected chi connectivity index (χ1v) is 14.6. The van der Waals surface area contributed by atoms with Crippen LogP contribution in [-0.4, -0.2) is 60.2 Å². The molecule has 2 aromatic carbocycles. The average Bonchev–Trinajstić information content (AvgIpc) is 3.52. The largest absolute Gasteiger partial charge is 0.497 e. The third-order valence-electron chi connectivity index (χ3n) is 6.46. The number of nitrogens with one attached hydrogen (secondary N) is 1. The number of carbonyl (C=O) groups excluding carboxylic acids is 1. The zero-order chi connectivity index (χ0) is 26.9. The van der Waals surface area contributed by atoms with Crippen LogP contribution in [0.3, 0.4) is 0 Å². The number of amides is 1. The predicted molar refractivity (Wildman–Crippen MR) is 146 cm³/mol. The summed E-state index contributed by atoms with van der Waals surface area (Å²) in [7, 11) is -2.11. The Morgan fingerprint density at radius 3 is 2.58 bits per heavy atom. The number of para-hydroxylation sites is 1. The fraction of sp³-hybridized carbons (Fsp3) is 0.346. The number of aryl methyl sites for hydroxylation is 1. The number of rotatable bonds is 8. The van der Waals surface area contributed by atoms with Crippen LogP contribution in [0.2, 0.25) is 0 Å². The van der Waals surface area contributed by atoms with Crippen molar-refractivity contribution in [3.63, 3.8) is 0 Å². The Balaban J connectivity index is 1.28. The Morgan fingerprint density at radius 2 is 1.89 bits per heavy atom. The van der Waals surface area contributed by atoms with Crippen molar-refractivity contribution < 1.29 is 22.7 Å². The molecule has 0 saturated carbocycles. The second-order valence-corrected chi connectivity index (χ2v) is 11.9. The first-order chi connectivity index (χ1) is 18.3. The maximum Gasteiger partial charge on any atom is 0.243 e. The number of hydrogen-bond acceptors (Lipinski definition) is 8. The summed E-state index contributed by atoms with van der Waals surface area (Å²) in [5.41, 5.74) is 1.50. The van der Waals surface area contributed by atoms with Crippen LogP contribution in [0.15, 0.2) is 53.4 Å². The first kappa shape index (κ1) is 26.1. The number of carbonyl (C=O) groups is 1. The number of benzene rings is 2. The number of piperidine rings is 1. The van der Waals surface area contributed by atoms with Gasteiger partial charge in [0, 0.05) is 25.1 Å². The molecule has 1 saturated heterocycles. The van der Waals surface area contributed by atoms with Gasteiger partial charge < -0.3 is 14.8 Å². The van der Waals surface area contributed by atoms with Crippen molar-refractivity contribution in [2.24, 2.45) is 5.92 Å². The molecule has 1 fully saturated rings. The molecular weight excluding hydrogens is 526 g/mol. The smallest absolute Gasteiger partial charge is 0.243 e. The van der Waals surface area contributed by atoms with Gasteiger partial charge in [-0.1, -0.05) is 17.4 Å². The van der Waals surface area contributed by atoms with E-state index in [1.54, 1.807) is 22.9 Å². The molecule has 1 amide bonds. The summed E-state index contributed by atoms with van der Waals surface area (Å²) < 4.78 is 41.0. The van der Waals surface area contributed by atoms with Crippen molar-refractivity contribution >= 4 is 43.3 Å². The molecule has 200 valence electrons. The normalized spacial score (nSPS) is 15.0. The van der Waals surface area contributed by atoms with Gasteiger partial charge in [0.25, 0.3) is 0 Å². The van der Waals surface area contributed by atoms with E-state index in [1.807, 2.05) is 32.0 Å². The number of nitrogens with zero attached hydrogens (tertiary/aromatic N) is 4. The molecule has 1 N–H and O–H groups in total. The van der Waals surface area contributed by atoms with Gasteiger partial charge in [-0.2, -0.15) is 14.1 Å². The minimum Gasteiger partial charge on any atom is -0.497 e. The molecule has 38 heavy (non-hydrogen) atoms. The van der Waals surface area contributed by atoms with Gasteiger partial charge in [-0.3, -0.25) is 4.79 Å². The molecule has 1 aliphatic rings.